The van der Waals surface area contributed by atoms with Crippen LogP contribution in [0.4, 0.5) is 22.0 Å². The summed E-state index contributed by atoms with van der Waals surface area (Å²) in [6, 6.07) is 17.0. The predicted octanol–water partition coefficient (Wildman–Crippen LogP) is 5.33. The van der Waals surface area contributed by atoms with Crippen LogP contribution in [-0.4, -0.2) is 58.1 Å². The van der Waals surface area contributed by atoms with Gasteiger partial charge in [0.15, 0.2) is 5.69 Å². The molecule has 1 saturated heterocycles. The third-order valence-corrected chi connectivity index (χ3v) is 8.36. The Kier molecular flexibility index (Phi) is 8.40. The van der Waals surface area contributed by atoms with E-state index in [1.807, 2.05) is 0 Å². The molecule has 3 aromatic carbocycles. The van der Waals surface area contributed by atoms with Gasteiger partial charge in [0, 0.05) is 31.7 Å². The van der Waals surface area contributed by atoms with Crippen molar-refractivity contribution in [2.75, 3.05) is 20.2 Å². The molecule has 1 aromatic heterocycles. The van der Waals surface area contributed by atoms with Crippen molar-refractivity contribution in [1.82, 2.24) is 19.8 Å². The second-order valence-corrected chi connectivity index (χ2v) is 11.1. The highest BCUT2D eigenvalue weighted by molar-refractivity contribution is 5.97. The summed E-state index contributed by atoms with van der Waals surface area (Å²) < 4.78 is 84.5. The molecule has 9 nitrogen and oxygen atoms in total. The zero-order valence-corrected chi connectivity index (χ0v) is 24.8. The van der Waals surface area contributed by atoms with Crippen LogP contribution in [0.25, 0.3) is 0 Å². The van der Waals surface area contributed by atoms with Gasteiger partial charge in [-0.2, -0.15) is 23.3 Å². The van der Waals surface area contributed by atoms with E-state index in [2.05, 4.69) is 5.10 Å². The maximum atomic E-state index is 14.7. The summed E-state index contributed by atoms with van der Waals surface area (Å²) in [6.07, 6.45) is -4.58. The number of nitrogens with zero attached hydrogens (tertiary/aromatic N) is 4. The van der Waals surface area contributed by atoms with Crippen LogP contribution in [0.3, 0.4) is 0 Å². The zero-order chi connectivity index (χ0) is 33.5. The Morgan fingerprint density at radius 2 is 1.51 bits per heavy atom. The fraction of sp³-hybridized carbons (Fsp3) is 0.273. The molecule has 47 heavy (non-hydrogen) atoms. The monoisotopic (exact) mass is 654 g/mol. The molecule has 14 heteroatoms. The maximum absolute atomic E-state index is 14.7. The molecule has 3 heterocycles. The molecular formula is C33H27F5N4O5. The van der Waals surface area contributed by atoms with Gasteiger partial charge in [-0.25, -0.2) is 18.3 Å². The van der Waals surface area contributed by atoms with Crippen LogP contribution < -0.4 is 10.2 Å². The van der Waals surface area contributed by atoms with Crippen LogP contribution in [-0.2, 0) is 15.1 Å². The average molecular weight is 655 g/mol. The molecule has 0 unspecified atom stereocenters. The molecule has 0 saturated carbocycles. The van der Waals surface area contributed by atoms with Gasteiger partial charge in [0.2, 0.25) is 11.2 Å². The first-order valence-electron chi connectivity index (χ1n) is 14.6. The lowest BCUT2D eigenvalue weighted by molar-refractivity contribution is -0.272. The summed E-state index contributed by atoms with van der Waals surface area (Å²) in [4.78, 5) is 41.0. The number of aromatic nitrogens is 2. The lowest BCUT2D eigenvalue weighted by atomic mass is 9.87. The van der Waals surface area contributed by atoms with Crippen molar-refractivity contribution in [2.45, 2.75) is 36.7 Å². The van der Waals surface area contributed by atoms with Gasteiger partial charge >= 0.3 is 12.1 Å². The molecule has 6 rings (SSSR count). The van der Waals surface area contributed by atoms with E-state index < -0.39 is 69.8 Å². The summed E-state index contributed by atoms with van der Waals surface area (Å²) >= 11 is 0. The third-order valence-electron chi connectivity index (χ3n) is 8.36. The SMILES string of the molecule is CO[C@](C(=O)Oc1c2n(ncc1=O)[C@@H](C(c1cccc(F)c1)c1cccc(F)c1)N1CCCCN1C2=O)(c1ccccc1)C(F)(F)F. The van der Waals surface area contributed by atoms with E-state index in [4.69, 9.17) is 9.47 Å². The first-order valence-corrected chi connectivity index (χ1v) is 14.6. The minimum atomic E-state index is -5.36. The van der Waals surface area contributed by atoms with Gasteiger partial charge in [0.05, 0.1) is 6.20 Å². The molecule has 244 valence electrons. The highest BCUT2D eigenvalue weighted by Crippen LogP contribution is 2.45. The van der Waals surface area contributed by atoms with Crippen molar-refractivity contribution in [1.29, 1.82) is 0 Å². The number of ether oxygens (including phenoxy) is 2. The van der Waals surface area contributed by atoms with Gasteiger partial charge in [-0.1, -0.05) is 54.6 Å². The van der Waals surface area contributed by atoms with E-state index in [9.17, 15) is 36.3 Å². The Morgan fingerprint density at radius 3 is 2.09 bits per heavy atom. The molecule has 0 spiro atoms. The quantitative estimate of drug-likeness (QED) is 0.197. The van der Waals surface area contributed by atoms with Crippen LogP contribution >= 0.6 is 0 Å². The lowest BCUT2D eigenvalue weighted by Crippen LogP contribution is -2.60. The van der Waals surface area contributed by atoms with E-state index in [0.29, 0.717) is 37.3 Å². The van der Waals surface area contributed by atoms with Gasteiger partial charge in [-0.15, -0.1) is 0 Å². The van der Waals surface area contributed by atoms with Crippen molar-refractivity contribution < 1.29 is 41.0 Å². The Bertz CT molecular complexity index is 1840. The van der Waals surface area contributed by atoms with E-state index in [0.717, 1.165) is 16.8 Å². The van der Waals surface area contributed by atoms with Crippen molar-refractivity contribution in [3.05, 3.63) is 129 Å². The van der Waals surface area contributed by atoms with E-state index in [-0.39, 0.29) is 13.1 Å². The molecular weight excluding hydrogens is 627 g/mol. The standard InChI is InChI=1S/C33H27F5N4O5/c1-46-32(33(36,37)38,22-11-3-2-4-12-22)31(45)47-28-25(43)19-39-42-27(28)30(44)41-16-6-5-15-40(41)29(42)26(20-9-7-13-23(34)17-20)21-10-8-14-24(35)18-21/h2-4,7-14,17-19,26,29H,5-6,15-16H2,1H3/t29-,32-/m0/s1. The summed E-state index contributed by atoms with van der Waals surface area (Å²) in [7, 11) is 0.673. The van der Waals surface area contributed by atoms with E-state index in [1.54, 1.807) is 17.1 Å². The lowest BCUT2D eigenvalue weighted by Gasteiger charge is -2.49. The minimum absolute atomic E-state index is 0.138. The van der Waals surface area contributed by atoms with Gasteiger partial charge in [0.1, 0.15) is 17.8 Å². The molecule has 2 atom stereocenters. The van der Waals surface area contributed by atoms with Crippen LogP contribution in [0.5, 0.6) is 5.75 Å². The molecule has 2 aliphatic heterocycles. The molecule has 0 bridgehead atoms. The van der Waals surface area contributed by atoms with E-state index >= 15 is 0 Å². The van der Waals surface area contributed by atoms with Crippen LogP contribution in [0, 0.1) is 11.6 Å². The van der Waals surface area contributed by atoms with Crippen molar-refractivity contribution in [3.63, 3.8) is 0 Å². The predicted molar refractivity (Wildman–Crippen MR) is 156 cm³/mol. The largest absolute Gasteiger partial charge is 0.432 e. The number of hydrogen-bond donors (Lipinski definition) is 0. The van der Waals surface area contributed by atoms with Crippen molar-refractivity contribution in [2.24, 2.45) is 0 Å². The average Bonchev–Trinajstić information content (AvgIpc) is 3.04. The Morgan fingerprint density at radius 1 is 0.894 bits per heavy atom. The fourth-order valence-corrected chi connectivity index (χ4v) is 6.27. The van der Waals surface area contributed by atoms with E-state index in [1.165, 1.54) is 59.6 Å². The van der Waals surface area contributed by atoms with Crippen LogP contribution in [0.15, 0.2) is 89.9 Å². The van der Waals surface area contributed by atoms with Gasteiger partial charge < -0.3 is 9.47 Å². The Labute approximate surface area is 264 Å². The fourth-order valence-electron chi connectivity index (χ4n) is 6.27. The van der Waals surface area contributed by atoms with Crippen molar-refractivity contribution >= 4 is 11.9 Å². The number of esters is 1. The molecule has 1 fully saturated rings. The number of methoxy groups -OCH3 is 1. The maximum Gasteiger partial charge on any atom is 0.432 e. The molecule has 0 aliphatic carbocycles. The summed E-state index contributed by atoms with van der Waals surface area (Å²) in [5.74, 6) is -6.01. The number of fused-ring (bicyclic) bond motifs is 2. The Hall–Kier alpha value is -4.95. The van der Waals surface area contributed by atoms with Crippen LogP contribution in [0.2, 0.25) is 0 Å². The molecule has 1 amide bonds. The minimum Gasteiger partial charge on any atom is -0.417 e. The number of rotatable bonds is 7. The smallest absolute Gasteiger partial charge is 0.417 e. The van der Waals surface area contributed by atoms with Crippen molar-refractivity contribution in [3.8, 4) is 5.75 Å². The molecule has 4 aromatic rings. The number of alkyl halides is 3. The third kappa shape index (κ3) is 5.46. The molecule has 0 N–H and O–H groups in total. The van der Waals surface area contributed by atoms with Gasteiger partial charge in [-0.3, -0.25) is 14.6 Å². The Balaban J connectivity index is 1.57. The van der Waals surface area contributed by atoms with Crippen LogP contribution in [0.1, 0.15) is 52.1 Å². The summed E-state index contributed by atoms with van der Waals surface area (Å²) in [5, 5.41) is 7.13. The number of hydrazine groups is 1. The number of hydrogen-bond acceptors (Lipinski definition) is 7. The summed E-state index contributed by atoms with van der Waals surface area (Å²) in [6.45, 7) is 0.425. The first kappa shape index (κ1) is 32.0. The summed E-state index contributed by atoms with van der Waals surface area (Å²) in [5.41, 5.74) is -5.33. The topological polar surface area (TPSA) is 94.0 Å². The number of carbonyl (C=O) groups is 2. The number of amides is 1. The van der Waals surface area contributed by atoms with Gasteiger partial charge in [-0.05, 0) is 48.2 Å². The number of benzene rings is 3. The molecule has 2 aliphatic rings. The second-order valence-electron chi connectivity index (χ2n) is 11.1. The molecule has 0 radical (unpaired) electrons. The normalized spacial score (nSPS) is 18.0. The number of carbonyl (C=O) groups excluding carboxylic acids is 2. The second kappa shape index (κ2) is 12.3. The number of halogens is 5. The highest BCUT2D eigenvalue weighted by atomic mass is 19.4. The zero-order valence-electron chi connectivity index (χ0n) is 24.8. The highest BCUT2D eigenvalue weighted by Gasteiger charge is 2.64. The first-order chi connectivity index (χ1) is 22.5. The van der Waals surface area contributed by atoms with Gasteiger partial charge in [0.25, 0.3) is 11.5 Å².